The monoisotopic (exact) mass is 470 g/mol. The summed E-state index contributed by atoms with van der Waals surface area (Å²) in [4.78, 5) is 25.6. The molecule has 1 fully saturated rings. The predicted octanol–water partition coefficient (Wildman–Crippen LogP) is 6.53. The first-order valence-electron chi connectivity index (χ1n) is 12.3. The minimum Gasteiger partial charge on any atom is -0.490 e. The number of ether oxygens (including phenoxy) is 1. The predicted molar refractivity (Wildman–Crippen MR) is 137 cm³/mol. The van der Waals surface area contributed by atoms with E-state index in [9.17, 15) is 9.59 Å². The molecule has 3 aromatic carbocycles. The van der Waals surface area contributed by atoms with Crippen LogP contribution in [0.1, 0.15) is 43.6 Å². The Kier molecular flexibility index (Phi) is 6.70. The van der Waals surface area contributed by atoms with Gasteiger partial charge in [-0.2, -0.15) is 0 Å². The van der Waals surface area contributed by atoms with Crippen LogP contribution in [0, 0.1) is 5.92 Å². The molecule has 2 aliphatic rings. The zero-order valence-corrected chi connectivity index (χ0v) is 19.7. The van der Waals surface area contributed by atoms with Gasteiger partial charge in [-0.3, -0.25) is 9.69 Å². The summed E-state index contributed by atoms with van der Waals surface area (Å²) in [5.41, 5.74) is 5.00. The lowest BCUT2D eigenvalue weighted by Crippen LogP contribution is -2.40. The van der Waals surface area contributed by atoms with Gasteiger partial charge in [0.2, 0.25) is 0 Å². The Morgan fingerprint density at radius 2 is 1.63 bits per heavy atom. The first-order valence-corrected chi connectivity index (χ1v) is 12.3. The van der Waals surface area contributed by atoms with Gasteiger partial charge in [0, 0.05) is 12.1 Å². The smallest absolute Gasteiger partial charge is 0.326 e. The molecule has 2 N–H and O–H groups in total. The number of nitrogens with zero attached hydrogens (tertiary/aromatic N) is 1. The standard InChI is InChI=1S/C29H30N2O4/c32-28(33)18-20-6-8-21(9-7-20)22-10-12-23(13-11-22)24-14-15-26-27(19-24)35-17-16-31(26)29(34)30-25-4-2-1-3-5-25/h1-5,10-15,19-21H,6-9,16-18H2,(H,30,34)(H,32,33). The van der Waals surface area contributed by atoms with Gasteiger partial charge in [-0.15, -0.1) is 0 Å². The number of hydrogen-bond acceptors (Lipinski definition) is 3. The fourth-order valence-corrected chi connectivity index (χ4v) is 5.22. The van der Waals surface area contributed by atoms with Crippen molar-refractivity contribution < 1.29 is 19.4 Å². The van der Waals surface area contributed by atoms with Crippen molar-refractivity contribution in [2.45, 2.75) is 38.0 Å². The van der Waals surface area contributed by atoms with Crippen LogP contribution in [0.15, 0.2) is 72.8 Å². The molecule has 0 unspecified atom stereocenters. The number of urea groups is 1. The Bertz CT molecular complexity index is 1190. The van der Waals surface area contributed by atoms with Crippen LogP contribution in [0.3, 0.4) is 0 Å². The van der Waals surface area contributed by atoms with Crippen LogP contribution in [-0.2, 0) is 4.79 Å². The quantitative estimate of drug-likeness (QED) is 0.444. The molecule has 180 valence electrons. The molecule has 1 saturated carbocycles. The Labute approximate surface area is 205 Å². The molecule has 35 heavy (non-hydrogen) atoms. The Morgan fingerprint density at radius 3 is 2.34 bits per heavy atom. The topological polar surface area (TPSA) is 78.9 Å². The lowest BCUT2D eigenvalue weighted by molar-refractivity contribution is -0.138. The molecule has 2 amide bonds. The number of carbonyl (C=O) groups is 2. The lowest BCUT2D eigenvalue weighted by Gasteiger charge is -2.30. The van der Waals surface area contributed by atoms with Gasteiger partial charge in [0.15, 0.2) is 0 Å². The van der Waals surface area contributed by atoms with Crippen LogP contribution in [-0.4, -0.2) is 30.3 Å². The van der Waals surface area contributed by atoms with E-state index < -0.39 is 5.97 Å². The normalized spacial score (nSPS) is 19.4. The number of carboxylic acid groups (broad SMARTS) is 1. The van der Waals surface area contributed by atoms with E-state index >= 15 is 0 Å². The number of hydrogen-bond donors (Lipinski definition) is 2. The van der Waals surface area contributed by atoms with Crippen molar-refractivity contribution in [3.8, 4) is 16.9 Å². The molecule has 0 bridgehead atoms. The largest absolute Gasteiger partial charge is 0.490 e. The van der Waals surface area contributed by atoms with Gasteiger partial charge in [0.1, 0.15) is 12.4 Å². The van der Waals surface area contributed by atoms with E-state index in [1.54, 1.807) is 4.90 Å². The highest BCUT2D eigenvalue weighted by molar-refractivity contribution is 6.03. The average molecular weight is 471 g/mol. The Morgan fingerprint density at radius 1 is 0.914 bits per heavy atom. The fraction of sp³-hybridized carbons (Fsp3) is 0.310. The number of anilines is 2. The van der Waals surface area contributed by atoms with E-state index in [0.717, 1.165) is 48.2 Å². The second kappa shape index (κ2) is 10.2. The minimum atomic E-state index is -0.688. The molecule has 5 rings (SSSR count). The first kappa shape index (κ1) is 23.0. The summed E-state index contributed by atoms with van der Waals surface area (Å²) >= 11 is 0. The molecule has 3 aromatic rings. The molecular formula is C29H30N2O4. The number of aliphatic carboxylic acids is 1. The fourth-order valence-electron chi connectivity index (χ4n) is 5.22. The van der Waals surface area contributed by atoms with Crippen molar-refractivity contribution in [2.75, 3.05) is 23.4 Å². The summed E-state index contributed by atoms with van der Waals surface area (Å²) in [5, 5.41) is 12.0. The number of rotatable bonds is 5. The van der Waals surface area contributed by atoms with Crippen LogP contribution >= 0.6 is 0 Å². The van der Waals surface area contributed by atoms with E-state index in [-0.39, 0.29) is 12.5 Å². The Hall–Kier alpha value is -3.80. The third-order valence-corrected chi connectivity index (χ3v) is 7.12. The van der Waals surface area contributed by atoms with Crippen molar-refractivity contribution in [3.63, 3.8) is 0 Å². The molecular weight excluding hydrogens is 440 g/mol. The van der Waals surface area contributed by atoms with Gasteiger partial charge in [-0.25, -0.2) is 4.79 Å². The number of carboxylic acids is 1. The van der Waals surface area contributed by atoms with E-state index in [4.69, 9.17) is 9.84 Å². The maximum Gasteiger partial charge on any atom is 0.326 e. The molecule has 0 saturated heterocycles. The van der Waals surface area contributed by atoms with Gasteiger partial charge in [-0.05, 0) is 78.5 Å². The minimum absolute atomic E-state index is 0.170. The van der Waals surface area contributed by atoms with Crippen molar-refractivity contribution in [1.82, 2.24) is 0 Å². The van der Waals surface area contributed by atoms with Crippen LogP contribution in [0.4, 0.5) is 16.2 Å². The zero-order valence-electron chi connectivity index (χ0n) is 19.7. The number of amides is 2. The number of fused-ring (bicyclic) bond motifs is 1. The highest BCUT2D eigenvalue weighted by Gasteiger charge is 2.25. The third kappa shape index (κ3) is 5.32. The molecule has 0 spiro atoms. The van der Waals surface area contributed by atoms with Crippen LogP contribution < -0.4 is 15.0 Å². The molecule has 0 aromatic heterocycles. The van der Waals surface area contributed by atoms with Gasteiger partial charge >= 0.3 is 12.0 Å². The number of nitrogens with one attached hydrogen (secondary N) is 1. The van der Waals surface area contributed by atoms with E-state index in [1.807, 2.05) is 48.5 Å². The summed E-state index contributed by atoms with van der Waals surface area (Å²) in [6.07, 6.45) is 4.34. The first-order chi connectivity index (χ1) is 17.1. The summed E-state index contributed by atoms with van der Waals surface area (Å²) in [6, 6.07) is 23.9. The van der Waals surface area contributed by atoms with E-state index in [0.29, 0.717) is 30.7 Å². The van der Waals surface area contributed by atoms with E-state index in [2.05, 4.69) is 29.6 Å². The Balaban J connectivity index is 1.27. The number of carbonyl (C=O) groups excluding carboxylic acids is 1. The summed E-state index contributed by atoms with van der Waals surface area (Å²) < 4.78 is 5.91. The molecule has 1 aliphatic heterocycles. The summed E-state index contributed by atoms with van der Waals surface area (Å²) in [6.45, 7) is 0.941. The molecule has 1 heterocycles. The molecule has 0 atom stereocenters. The highest BCUT2D eigenvalue weighted by atomic mass is 16.5. The summed E-state index contributed by atoms with van der Waals surface area (Å²) in [7, 11) is 0. The third-order valence-electron chi connectivity index (χ3n) is 7.12. The molecule has 1 aliphatic carbocycles. The molecule has 6 nitrogen and oxygen atoms in total. The highest BCUT2D eigenvalue weighted by Crippen LogP contribution is 2.39. The maximum absolute atomic E-state index is 12.9. The SMILES string of the molecule is O=C(O)CC1CCC(c2ccc(-c3ccc4c(c3)OCCN4C(=O)Nc3ccccc3)cc2)CC1. The van der Waals surface area contributed by atoms with Crippen molar-refractivity contribution >= 4 is 23.4 Å². The van der Waals surface area contributed by atoms with Crippen molar-refractivity contribution in [3.05, 3.63) is 78.4 Å². The molecule has 0 radical (unpaired) electrons. The van der Waals surface area contributed by atoms with Gasteiger partial charge in [-0.1, -0.05) is 48.5 Å². The van der Waals surface area contributed by atoms with Crippen LogP contribution in [0.25, 0.3) is 11.1 Å². The van der Waals surface area contributed by atoms with Crippen LogP contribution in [0.2, 0.25) is 0 Å². The summed E-state index contributed by atoms with van der Waals surface area (Å²) in [5.74, 6) is 0.829. The molecule has 6 heteroatoms. The maximum atomic E-state index is 12.9. The van der Waals surface area contributed by atoms with Crippen LogP contribution in [0.5, 0.6) is 5.75 Å². The average Bonchev–Trinajstić information content (AvgIpc) is 2.89. The van der Waals surface area contributed by atoms with Gasteiger partial charge < -0.3 is 15.2 Å². The van der Waals surface area contributed by atoms with Crippen molar-refractivity contribution in [2.24, 2.45) is 5.92 Å². The number of benzene rings is 3. The zero-order chi connectivity index (χ0) is 24.2. The van der Waals surface area contributed by atoms with E-state index in [1.165, 1.54) is 5.56 Å². The van der Waals surface area contributed by atoms with Crippen molar-refractivity contribution in [1.29, 1.82) is 0 Å². The second-order valence-electron chi connectivity index (χ2n) is 9.42. The lowest BCUT2D eigenvalue weighted by atomic mass is 9.77. The number of para-hydroxylation sites is 1. The van der Waals surface area contributed by atoms with Gasteiger partial charge in [0.05, 0.1) is 12.2 Å². The second-order valence-corrected chi connectivity index (χ2v) is 9.42. The van der Waals surface area contributed by atoms with Gasteiger partial charge in [0.25, 0.3) is 0 Å².